The Morgan fingerprint density at radius 2 is 1.58 bits per heavy atom. The topological polar surface area (TPSA) is 86.3 Å². The number of aromatic nitrogens is 3. The van der Waals surface area contributed by atoms with Gasteiger partial charge in [0.2, 0.25) is 5.78 Å². The molecule has 7 heteroatoms. The van der Waals surface area contributed by atoms with Crippen molar-refractivity contribution in [2.45, 2.75) is 0 Å². The van der Waals surface area contributed by atoms with Gasteiger partial charge in [0.05, 0.1) is 23.5 Å². The first kappa shape index (κ1) is 19.0. The highest BCUT2D eigenvalue weighted by Gasteiger charge is 2.18. The van der Waals surface area contributed by atoms with Crippen LogP contribution < -0.4 is 5.32 Å². The molecule has 0 bridgehead atoms. The van der Waals surface area contributed by atoms with Gasteiger partial charge in [-0.3, -0.25) is 9.20 Å². The second-order valence-electron chi connectivity index (χ2n) is 7.46. The fraction of sp³-hybridized carbons (Fsp3) is 0.167. The highest BCUT2D eigenvalue weighted by molar-refractivity contribution is 5.94. The summed E-state index contributed by atoms with van der Waals surface area (Å²) in [7, 11) is 0. The molecule has 152 valence electrons. The molecule has 1 N–H and O–H groups in total. The van der Waals surface area contributed by atoms with Crippen LogP contribution >= 0.6 is 0 Å². The molecule has 1 saturated heterocycles. The summed E-state index contributed by atoms with van der Waals surface area (Å²) in [5.41, 5.74) is 5.08. The van der Waals surface area contributed by atoms with Crippen LogP contribution in [0, 0.1) is 11.3 Å². The minimum absolute atomic E-state index is 0.0688. The third-order valence-corrected chi connectivity index (χ3v) is 5.54. The second kappa shape index (κ2) is 8.01. The number of piperazine rings is 1. The lowest BCUT2D eigenvalue weighted by molar-refractivity contribution is 0.0736. The van der Waals surface area contributed by atoms with E-state index in [9.17, 15) is 4.79 Å². The quantitative estimate of drug-likeness (QED) is 0.563. The van der Waals surface area contributed by atoms with Crippen LogP contribution in [-0.4, -0.2) is 51.4 Å². The summed E-state index contributed by atoms with van der Waals surface area (Å²) in [6.45, 7) is 3.14. The lowest BCUT2D eigenvalue weighted by Crippen LogP contribution is -2.46. The van der Waals surface area contributed by atoms with Crippen LogP contribution in [0.15, 0.2) is 67.1 Å². The van der Waals surface area contributed by atoms with E-state index < -0.39 is 0 Å². The molecule has 2 aromatic heterocycles. The standard InChI is InChI=1S/C24H20N6O/c25-13-17-1-3-19(4-2-17)22-15-28-24-27-14-21(16-30(22)24)18-5-7-20(8-6-18)23(31)29-11-9-26-10-12-29/h1-8,14-16,26H,9-12H2. The van der Waals surface area contributed by atoms with E-state index in [0.29, 0.717) is 16.9 Å². The lowest BCUT2D eigenvalue weighted by atomic mass is 10.1. The molecule has 31 heavy (non-hydrogen) atoms. The highest BCUT2D eigenvalue weighted by atomic mass is 16.2. The fourth-order valence-corrected chi connectivity index (χ4v) is 3.81. The number of nitriles is 1. The molecule has 0 saturated carbocycles. The zero-order chi connectivity index (χ0) is 21.2. The fourth-order valence-electron chi connectivity index (χ4n) is 3.81. The van der Waals surface area contributed by atoms with E-state index in [4.69, 9.17) is 5.26 Å². The van der Waals surface area contributed by atoms with E-state index in [1.165, 1.54) is 0 Å². The highest BCUT2D eigenvalue weighted by Crippen LogP contribution is 2.25. The van der Waals surface area contributed by atoms with Crippen molar-refractivity contribution >= 4 is 11.7 Å². The molecule has 1 fully saturated rings. The number of nitrogens with one attached hydrogen (secondary N) is 1. The van der Waals surface area contributed by atoms with Crippen molar-refractivity contribution in [3.8, 4) is 28.5 Å². The summed E-state index contributed by atoms with van der Waals surface area (Å²) in [6.07, 6.45) is 5.57. The Morgan fingerprint density at radius 3 is 2.29 bits per heavy atom. The molecule has 0 atom stereocenters. The number of carbonyl (C=O) groups is 1. The van der Waals surface area contributed by atoms with Crippen molar-refractivity contribution in [2.24, 2.45) is 0 Å². The zero-order valence-corrected chi connectivity index (χ0v) is 16.8. The van der Waals surface area contributed by atoms with Crippen LogP contribution in [-0.2, 0) is 0 Å². The van der Waals surface area contributed by atoms with Crippen molar-refractivity contribution in [3.05, 3.63) is 78.2 Å². The molecule has 1 amide bonds. The van der Waals surface area contributed by atoms with E-state index in [1.807, 2.05) is 51.9 Å². The van der Waals surface area contributed by atoms with Crippen LogP contribution in [0.4, 0.5) is 0 Å². The number of hydrogen-bond donors (Lipinski definition) is 1. The van der Waals surface area contributed by atoms with Gasteiger partial charge in [-0.15, -0.1) is 0 Å². The summed E-state index contributed by atoms with van der Waals surface area (Å²) in [5.74, 6) is 0.674. The summed E-state index contributed by atoms with van der Waals surface area (Å²) >= 11 is 0. The Balaban J connectivity index is 1.45. The molecule has 1 aliphatic rings. The van der Waals surface area contributed by atoms with Crippen molar-refractivity contribution in [1.29, 1.82) is 5.26 Å². The van der Waals surface area contributed by atoms with Gasteiger partial charge in [0, 0.05) is 55.3 Å². The van der Waals surface area contributed by atoms with Gasteiger partial charge in [0.15, 0.2) is 0 Å². The van der Waals surface area contributed by atoms with Gasteiger partial charge >= 0.3 is 0 Å². The van der Waals surface area contributed by atoms with Crippen LogP contribution in [0.5, 0.6) is 0 Å². The van der Waals surface area contributed by atoms with Gasteiger partial charge in [-0.2, -0.15) is 5.26 Å². The number of carbonyl (C=O) groups excluding carboxylic acids is 1. The maximum Gasteiger partial charge on any atom is 0.253 e. The average Bonchev–Trinajstić information content (AvgIpc) is 3.27. The second-order valence-corrected chi connectivity index (χ2v) is 7.46. The number of benzene rings is 2. The molecular weight excluding hydrogens is 388 g/mol. The Bertz CT molecular complexity index is 1280. The van der Waals surface area contributed by atoms with Crippen molar-refractivity contribution in [3.63, 3.8) is 0 Å². The van der Waals surface area contributed by atoms with Crippen molar-refractivity contribution < 1.29 is 4.79 Å². The summed E-state index contributed by atoms with van der Waals surface area (Å²) in [5, 5.41) is 12.3. The molecule has 2 aromatic carbocycles. The molecule has 4 aromatic rings. The summed E-state index contributed by atoms with van der Waals surface area (Å²) in [4.78, 5) is 23.5. The van der Waals surface area contributed by atoms with Crippen molar-refractivity contribution in [2.75, 3.05) is 26.2 Å². The molecule has 0 unspecified atom stereocenters. The predicted molar refractivity (Wildman–Crippen MR) is 117 cm³/mol. The Kier molecular flexibility index (Phi) is 4.90. The minimum atomic E-state index is 0.0688. The number of hydrogen-bond acceptors (Lipinski definition) is 5. The number of imidazole rings is 1. The Labute approximate surface area is 179 Å². The normalized spacial score (nSPS) is 13.8. The van der Waals surface area contributed by atoms with Crippen LogP contribution in [0.3, 0.4) is 0 Å². The van der Waals surface area contributed by atoms with Gasteiger partial charge in [0.1, 0.15) is 0 Å². The monoisotopic (exact) mass is 408 g/mol. The van der Waals surface area contributed by atoms with Crippen LogP contribution in [0.25, 0.3) is 28.2 Å². The van der Waals surface area contributed by atoms with Crippen LogP contribution in [0.2, 0.25) is 0 Å². The SMILES string of the molecule is N#Cc1ccc(-c2cnc3ncc(-c4ccc(C(=O)N5CCNCC5)cc4)cn23)cc1. The number of fused-ring (bicyclic) bond motifs is 1. The maximum atomic E-state index is 12.7. The van der Waals surface area contributed by atoms with Crippen LogP contribution in [0.1, 0.15) is 15.9 Å². The van der Waals surface area contributed by atoms with Gasteiger partial charge < -0.3 is 10.2 Å². The Morgan fingerprint density at radius 1 is 0.903 bits per heavy atom. The Hall–Kier alpha value is -4.02. The van der Waals surface area contributed by atoms with Gasteiger partial charge in [-0.25, -0.2) is 9.97 Å². The third-order valence-electron chi connectivity index (χ3n) is 5.54. The van der Waals surface area contributed by atoms with E-state index in [0.717, 1.165) is 48.6 Å². The van der Waals surface area contributed by atoms with Crippen molar-refractivity contribution in [1.82, 2.24) is 24.6 Å². The molecule has 5 rings (SSSR count). The molecule has 0 spiro atoms. The van der Waals surface area contributed by atoms with Gasteiger partial charge in [0.25, 0.3) is 5.91 Å². The van der Waals surface area contributed by atoms with E-state index in [2.05, 4.69) is 21.4 Å². The first-order chi connectivity index (χ1) is 15.2. The molecule has 0 aliphatic carbocycles. The molecular formula is C24H20N6O. The predicted octanol–water partition coefficient (Wildman–Crippen LogP) is 2.98. The summed E-state index contributed by atoms with van der Waals surface area (Å²) in [6, 6.07) is 17.2. The lowest BCUT2D eigenvalue weighted by Gasteiger charge is -2.27. The van der Waals surface area contributed by atoms with E-state index >= 15 is 0 Å². The first-order valence-corrected chi connectivity index (χ1v) is 10.2. The average molecular weight is 408 g/mol. The van der Waals surface area contributed by atoms with Gasteiger partial charge in [-0.05, 0) is 29.8 Å². The maximum absolute atomic E-state index is 12.7. The van der Waals surface area contributed by atoms with Gasteiger partial charge in [-0.1, -0.05) is 24.3 Å². The molecule has 0 radical (unpaired) electrons. The molecule has 1 aliphatic heterocycles. The molecule has 3 heterocycles. The minimum Gasteiger partial charge on any atom is -0.336 e. The largest absolute Gasteiger partial charge is 0.336 e. The smallest absolute Gasteiger partial charge is 0.253 e. The van der Waals surface area contributed by atoms with E-state index in [1.54, 1.807) is 24.5 Å². The number of nitrogens with zero attached hydrogens (tertiary/aromatic N) is 5. The molecule has 7 nitrogen and oxygen atoms in total. The third kappa shape index (κ3) is 3.65. The first-order valence-electron chi connectivity index (χ1n) is 10.2. The number of amides is 1. The number of rotatable bonds is 3. The van der Waals surface area contributed by atoms with E-state index in [-0.39, 0.29) is 5.91 Å². The summed E-state index contributed by atoms with van der Waals surface area (Å²) < 4.78 is 1.94. The zero-order valence-electron chi connectivity index (χ0n) is 16.8.